The average molecular weight is 430 g/mol. The molecule has 3 rings (SSSR count). The van der Waals surface area contributed by atoms with Gasteiger partial charge in [0.05, 0.1) is 0 Å². The number of nitrogens with one attached hydrogen (secondary N) is 3. The molecule has 0 heterocycles. The van der Waals surface area contributed by atoms with Crippen molar-refractivity contribution in [2.24, 2.45) is 5.41 Å². The molecule has 0 fully saturated rings. The van der Waals surface area contributed by atoms with Crippen LogP contribution in [-0.4, -0.2) is 12.1 Å². The van der Waals surface area contributed by atoms with Crippen LogP contribution in [0.5, 0.6) is 0 Å². The lowest BCUT2D eigenvalue weighted by Gasteiger charge is -2.33. The molecule has 0 aliphatic carbocycles. The van der Waals surface area contributed by atoms with Crippen molar-refractivity contribution in [2.75, 3.05) is 10.6 Å². The van der Waals surface area contributed by atoms with E-state index < -0.39 is 28.3 Å². The highest BCUT2D eigenvalue weighted by molar-refractivity contribution is 6.30. The minimum atomic E-state index is -0.686. The predicted octanol–water partition coefficient (Wildman–Crippen LogP) is 4.03. The molecule has 1 atom stereocenters. The Morgan fingerprint density at radius 2 is 1.50 bits per heavy atom. The van der Waals surface area contributed by atoms with Crippen LogP contribution in [0.3, 0.4) is 0 Å². The number of anilines is 3. The SMILES string of the molecule is CC(C)(C)C(NC(=O)c1ccc(Cl)cc1)Nc1c(Nc2ccc(F)cc2)c(=O)c1=O. The van der Waals surface area contributed by atoms with Gasteiger partial charge in [0.1, 0.15) is 23.4 Å². The van der Waals surface area contributed by atoms with Crippen molar-refractivity contribution in [3.05, 3.63) is 85.4 Å². The summed E-state index contributed by atoms with van der Waals surface area (Å²) in [5.41, 5.74) is -0.848. The van der Waals surface area contributed by atoms with Gasteiger partial charge in [-0.05, 0) is 48.5 Å². The van der Waals surface area contributed by atoms with Gasteiger partial charge in [-0.3, -0.25) is 14.4 Å². The Morgan fingerprint density at radius 1 is 0.933 bits per heavy atom. The zero-order valence-electron chi connectivity index (χ0n) is 16.7. The summed E-state index contributed by atoms with van der Waals surface area (Å²) >= 11 is 5.86. The first-order valence-corrected chi connectivity index (χ1v) is 9.63. The summed E-state index contributed by atoms with van der Waals surface area (Å²) in [7, 11) is 0. The van der Waals surface area contributed by atoms with Crippen molar-refractivity contribution in [3.8, 4) is 0 Å². The van der Waals surface area contributed by atoms with Crippen LogP contribution >= 0.6 is 11.6 Å². The molecule has 0 aliphatic rings. The van der Waals surface area contributed by atoms with Crippen LogP contribution in [0.1, 0.15) is 31.1 Å². The quantitative estimate of drug-likeness (QED) is 0.406. The molecule has 0 radical (unpaired) electrons. The second-order valence-electron chi connectivity index (χ2n) is 7.96. The molecule has 0 bridgehead atoms. The molecule has 3 aromatic rings. The van der Waals surface area contributed by atoms with E-state index in [2.05, 4.69) is 16.0 Å². The van der Waals surface area contributed by atoms with E-state index in [9.17, 15) is 18.8 Å². The minimum Gasteiger partial charge on any atom is -0.360 e. The van der Waals surface area contributed by atoms with Gasteiger partial charge in [-0.25, -0.2) is 4.39 Å². The third kappa shape index (κ3) is 4.68. The molecule has 8 heteroatoms. The summed E-state index contributed by atoms with van der Waals surface area (Å²) in [5, 5.41) is 9.18. The fraction of sp³-hybridized carbons (Fsp3) is 0.227. The van der Waals surface area contributed by atoms with Crippen molar-refractivity contribution in [2.45, 2.75) is 26.9 Å². The maximum atomic E-state index is 13.1. The van der Waals surface area contributed by atoms with Crippen molar-refractivity contribution >= 4 is 34.6 Å². The van der Waals surface area contributed by atoms with Gasteiger partial charge in [0.2, 0.25) is 0 Å². The van der Waals surface area contributed by atoms with Crippen molar-refractivity contribution < 1.29 is 9.18 Å². The lowest BCUT2D eigenvalue weighted by atomic mass is 9.91. The van der Waals surface area contributed by atoms with Crippen LogP contribution in [0.4, 0.5) is 21.5 Å². The maximum Gasteiger partial charge on any atom is 0.253 e. The van der Waals surface area contributed by atoms with Crippen LogP contribution in [0, 0.1) is 11.2 Å². The Hall–Kier alpha value is -3.19. The van der Waals surface area contributed by atoms with E-state index in [0.717, 1.165) is 0 Å². The van der Waals surface area contributed by atoms with Crippen LogP contribution in [0.15, 0.2) is 58.1 Å². The van der Waals surface area contributed by atoms with Gasteiger partial charge in [-0.15, -0.1) is 0 Å². The largest absolute Gasteiger partial charge is 0.360 e. The molecule has 3 N–H and O–H groups in total. The van der Waals surface area contributed by atoms with Gasteiger partial charge in [-0.1, -0.05) is 32.4 Å². The molecule has 0 saturated heterocycles. The lowest BCUT2D eigenvalue weighted by molar-refractivity contribution is 0.0913. The molecule has 6 nitrogen and oxygen atoms in total. The van der Waals surface area contributed by atoms with E-state index in [1.165, 1.54) is 24.3 Å². The number of benzene rings is 2. The first-order chi connectivity index (χ1) is 14.1. The summed E-state index contributed by atoms with van der Waals surface area (Å²) in [6.07, 6.45) is -0.655. The first kappa shape index (κ1) is 21.5. The van der Waals surface area contributed by atoms with Crippen LogP contribution < -0.4 is 26.8 Å². The predicted molar refractivity (Wildman–Crippen MR) is 117 cm³/mol. The van der Waals surface area contributed by atoms with Gasteiger partial charge in [0.15, 0.2) is 0 Å². The molecule has 0 spiro atoms. The topological polar surface area (TPSA) is 87.3 Å². The number of carbonyl (C=O) groups is 1. The summed E-state index contributed by atoms with van der Waals surface area (Å²) in [6.45, 7) is 5.64. The fourth-order valence-electron chi connectivity index (χ4n) is 2.76. The van der Waals surface area contributed by atoms with Crippen LogP contribution in [-0.2, 0) is 0 Å². The fourth-order valence-corrected chi connectivity index (χ4v) is 2.88. The molecule has 3 aromatic carbocycles. The number of rotatable bonds is 6. The lowest BCUT2D eigenvalue weighted by Crippen LogP contribution is -2.51. The number of halogens is 2. The average Bonchev–Trinajstić information content (AvgIpc) is 2.70. The molecule has 1 amide bonds. The summed E-state index contributed by atoms with van der Waals surface area (Å²) < 4.78 is 13.1. The van der Waals surface area contributed by atoms with Crippen molar-refractivity contribution in [1.82, 2.24) is 5.32 Å². The van der Waals surface area contributed by atoms with Gasteiger partial charge in [0.25, 0.3) is 16.8 Å². The highest BCUT2D eigenvalue weighted by Crippen LogP contribution is 2.26. The zero-order valence-corrected chi connectivity index (χ0v) is 17.4. The van der Waals surface area contributed by atoms with Gasteiger partial charge >= 0.3 is 0 Å². The molecule has 0 saturated carbocycles. The van der Waals surface area contributed by atoms with E-state index in [4.69, 9.17) is 11.6 Å². The smallest absolute Gasteiger partial charge is 0.253 e. The number of hydrogen-bond donors (Lipinski definition) is 3. The Balaban J connectivity index is 1.82. The van der Waals surface area contributed by atoms with Gasteiger partial charge in [-0.2, -0.15) is 0 Å². The van der Waals surface area contributed by atoms with E-state index in [-0.39, 0.29) is 17.3 Å². The van der Waals surface area contributed by atoms with Gasteiger partial charge < -0.3 is 16.0 Å². The number of carbonyl (C=O) groups excluding carboxylic acids is 1. The molecular weight excluding hydrogens is 409 g/mol. The molecule has 30 heavy (non-hydrogen) atoms. The Bertz CT molecular complexity index is 1130. The Kier molecular flexibility index (Phi) is 5.94. The molecule has 0 aromatic heterocycles. The van der Waals surface area contributed by atoms with Crippen LogP contribution in [0.2, 0.25) is 5.02 Å². The molecule has 156 valence electrons. The van der Waals surface area contributed by atoms with Crippen LogP contribution in [0.25, 0.3) is 0 Å². The molecular formula is C22H21ClFN3O3. The summed E-state index contributed by atoms with van der Waals surface area (Å²) in [5.74, 6) is -0.771. The van der Waals surface area contributed by atoms with E-state index in [1.807, 2.05) is 20.8 Å². The summed E-state index contributed by atoms with van der Waals surface area (Å²) in [6, 6.07) is 11.8. The Morgan fingerprint density at radius 3 is 2.07 bits per heavy atom. The standard InChI is InChI=1S/C22H21ClFN3O3/c1-22(2,3)21(27-20(30)12-4-6-13(23)7-5-12)26-17-16(18(28)19(17)29)25-15-10-8-14(24)9-11-15/h4-11,21,25-26H,1-3H3,(H,27,30). The van der Waals surface area contributed by atoms with E-state index in [0.29, 0.717) is 16.3 Å². The molecule has 0 aliphatic heterocycles. The second-order valence-corrected chi connectivity index (χ2v) is 8.40. The third-order valence-corrected chi connectivity index (χ3v) is 4.81. The first-order valence-electron chi connectivity index (χ1n) is 9.25. The Labute approximate surface area is 177 Å². The molecule has 1 unspecified atom stereocenters. The minimum absolute atomic E-state index is 0.0701. The van der Waals surface area contributed by atoms with Crippen molar-refractivity contribution in [1.29, 1.82) is 0 Å². The zero-order chi connectivity index (χ0) is 22.1. The summed E-state index contributed by atoms with van der Waals surface area (Å²) in [4.78, 5) is 36.9. The number of hydrogen-bond acceptors (Lipinski definition) is 5. The van der Waals surface area contributed by atoms with E-state index in [1.54, 1.807) is 24.3 Å². The van der Waals surface area contributed by atoms with Gasteiger partial charge in [0, 0.05) is 21.7 Å². The highest BCUT2D eigenvalue weighted by Gasteiger charge is 2.31. The maximum absolute atomic E-state index is 13.1. The monoisotopic (exact) mass is 429 g/mol. The normalized spacial score (nSPS) is 12.4. The van der Waals surface area contributed by atoms with E-state index >= 15 is 0 Å². The second kappa shape index (κ2) is 8.28. The van der Waals surface area contributed by atoms with Crippen molar-refractivity contribution in [3.63, 3.8) is 0 Å². The third-order valence-electron chi connectivity index (χ3n) is 4.56. The highest BCUT2D eigenvalue weighted by atomic mass is 35.5. The number of amides is 1.